The predicted molar refractivity (Wildman–Crippen MR) is 85.9 cm³/mol. The number of hydrogen-bond donors (Lipinski definition) is 2. The van der Waals surface area contributed by atoms with Crippen molar-refractivity contribution >= 4 is 11.7 Å². The Morgan fingerprint density at radius 2 is 1.95 bits per heavy atom. The van der Waals surface area contributed by atoms with E-state index in [0.717, 1.165) is 24.6 Å². The average molecular weight is 290 g/mol. The van der Waals surface area contributed by atoms with Crippen LogP contribution < -0.4 is 10.6 Å². The van der Waals surface area contributed by atoms with Crippen LogP contribution >= 0.6 is 0 Å². The SMILES string of the molecule is CCC1(CC)CCN(c2nc(C)ccc2C(N)=NO)CC1. The smallest absolute Gasteiger partial charge is 0.173 e. The van der Waals surface area contributed by atoms with Gasteiger partial charge in [0.2, 0.25) is 0 Å². The van der Waals surface area contributed by atoms with Crippen LogP contribution in [0.25, 0.3) is 0 Å². The minimum atomic E-state index is 0.125. The second-order valence-corrected chi connectivity index (χ2v) is 6.00. The van der Waals surface area contributed by atoms with Crippen LogP contribution in [0.15, 0.2) is 17.3 Å². The highest BCUT2D eigenvalue weighted by molar-refractivity contribution is 6.01. The predicted octanol–water partition coefficient (Wildman–Crippen LogP) is 2.89. The Hall–Kier alpha value is -1.78. The molecule has 0 spiro atoms. The van der Waals surface area contributed by atoms with Gasteiger partial charge in [0.1, 0.15) is 5.82 Å². The quantitative estimate of drug-likeness (QED) is 0.387. The Morgan fingerprint density at radius 1 is 1.33 bits per heavy atom. The van der Waals surface area contributed by atoms with E-state index in [9.17, 15) is 0 Å². The Bertz CT molecular complexity index is 513. The molecular formula is C16H26N4O. The van der Waals surface area contributed by atoms with Crippen molar-refractivity contribution in [1.29, 1.82) is 0 Å². The van der Waals surface area contributed by atoms with E-state index in [1.165, 1.54) is 25.7 Å². The van der Waals surface area contributed by atoms with E-state index in [4.69, 9.17) is 10.9 Å². The normalized spacial score (nSPS) is 18.8. The van der Waals surface area contributed by atoms with Crippen LogP contribution in [-0.2, 0) is 0 Å². The molecule has 1 aliphatic rings. The van der Waals surface area contributed by atoms with Gasteiger partial charge < -0.3 is 15.8 Å². The number of nitrogens with two attached hydrogens (primary N) is 1. The Labute approximate surface area is 126 Å². The number of amidine groups is 1. The molecule has 2 rings (SSSR count). The first-order chi connectivity index (χ1) is 10.0. The summed E-state index contributed by atoms with van der Waals surface area (Å²) >= 11 is 0. The molecule has 0 amide bonds. The van der Waals surface area contributed by atoms with Crippen LogP contribution in [0, 0.1) is 12.3 Å². The minimum Gasteiger partial charge on any atom is -0.409 e. The molecule has 1 aromatic rings. The molecule has 3 N–H and O–H groups in total. The number of aromatic nitrogens is 1. The number of aryl methyl sites for hydroxylation is 1. The summed E-state index contributed by atoms with van der Waals surface area (Å²) in [5, 5.41) is 12.1. The lowest BCUT2D eigenvalue weighted by molar-refractivity contribution is 0.199. The maximum atomic E-state index is 8.96. The van der Waals surface area contributed by atoms with Gasteiger partial charge in [-0.15, -0.1) is 0 Å². The van der Waals surface area contributed by atoms with Crippen LogP contribution in [0.2, 0.25) is 0 Å². The molecule has 2 heterocycles. The van der Waals surface area contributed by atoms with Gasteiger partial charge in [-0.1, -0.05) is 31.8 Å². The van der Waals surface area contributed by atoms with E-state index in [2.05, 4.69) is 28.9 Å². The van der Waals surface area contributed by atoms with Gasteiger partial charge in [0.15, 0.2) is 5.84 Å². The van der Waals surface area contributed by atoms with Gasteiger partial charge in [-0.2, -0.15) is 0 Å². The van der Waals surface area contributed by atoms with Gasteiger partial charge in [0, 0.05) is 18.8 Å². The average Bonchev–Trinajstić information content (AvgIpc) is 2.54. The van der Waals surface area contributed by atoms with Gasteiger partial charge in [0.25, 0.3) is 0 Å². The molecule has 21 heavy (non-hydrogen) atoms. The maximum absolute atomic E-state index is 8.96. The molecule has 0 aliphatic carbocycles. The maximum Gasteiger partial charge on any atom is 0.173 e. The van der Waals surface area contributed by atoms with E-state index in [1.54, 1.807) is 0 Å². The van der Waals surface area contributed by atoms with Gasteiger partial charge in [-0.05, 0) is 37.3 Å². The van der Waals surface area contributed by atoms with Gasteiger partial charge in [-0.3, -0.25) is 0 Å². The third kappa shape index (κ3) is 3.12. The van der Waals surface area contributed by atoms with Crippen molar-refractivity contribution in [1.82, 2.24) is 4.98 Å². The number of nitrogens with zero attached hydrogens (tertiary/aromatic N) is 3. The van der Waals surface area contributed by atoms with Crippen molar-refractivity contribution in [3.63, 3.8) is 0 Å². The fourth-order valence-corrected chi connectivity index (χ4v) is 3.19. The van der Waals surface area contributed by atoms with E-state index < -0.39 is 0 Å². The number of anilines is 1. The molecule has 0 bridgehead atoms. The highest BCUT2D eigenvalue weighted by Gasteiger charge is 2.32. The molecule has 0 atom stereocenters. The lowest BCUT2D eigenvalue weighted by Crippen LogP contribution is -2.41. The Morgan fingerprint density at radius 3 is 2.48 bits per heavy atom. The lowest BCUT2D eigenvalue weighted by atomic mass is 9.74. The largest absolute Gasteiger partial charge is 0.409 e. The summed E-state index contributed by atoms with van der Waals surface area (Å²) in [5.74, 6) is 0.964. The first kappa shape index (κ1) is 15.6. The molecule has 116 valence electrons. The fraction of sp³-hybridized carbons (Fsp3) is 0.625. The molecule has 1 fully saturated rings. The van der Waals surface area contributed by atoms with E-state index >= 15 is 0 Å². The molecule has 0 saturated carbocycles. The van der Waals surface area contributed by atoms with Crippen LogP contribution in [0.4, 0.5) is 5.82 Å². The standard InChI is InChI=1S/C16H26N4O/c1-4-16(5-2)8-10-20(11-9-16)15-13(14(17)19-21)7-6-12(3)18-15/h6-7,21H,4-5,8-11H2,1-3H3,(H2,17,19). The molecule has 1 aliphatic heterocycles. The first-order valence-electron chi connectivity index (χ1n) is 7.75. The van der Waals surface area contributed by atoms with Gasteiger partial charge in [0.05, 0.1) is 5.56 Å². The molecule has 0 radical (unpaired) electrons. The van der Waals surface area contributed by atoms with Gasteiger partial charge in [-0.25, -0.2) is 4.98 Å². The third-order valence-corrected chi connectivity index (χ3v) is 5.02. The van der Waals surface area contributed by atoms with Gasteiger partial charge >= 0.3 is 0 Å². The third-order valence-electron chi connectivity index (χ3n) is 5.02. The summed E-state index contributed by atoms with van der Waals surface area (Å²) in [6.07, 6.45) is 4.80. The number of oxime groups is 1. The van der Waals surface area contributed by atoms with Crippen LogP contribution in [0.3, 0.4) is 0 Å². The number of hydrogen-bond acceptors (Lipinski definition) is 4. The highest BCUT2D eigenvalue weighted by Crippen LogP contribution is 2.39. The second kappa shape index (κ2) is 6.33. The van der Waals surface area contributed by atoms with E-state index in [-0.39, 0.29) is 5.84 Å². The van der Waals surface area contributed by atoms with E-state index in [0.29, 0.717) is 11.0 Å². The number of pyridine rings is 1. The summed E-state index contributed by atoms with van der Waals surface area (Å²) < 4.78 is 0. The van der Waals surface area contributed by atoms with Crippen molar-refractivity contribution in [3.8, 4) is 0 Å². The molecule has 0 aromatic carbocycles. The molecule has 0 unspecified atom stereocenters. The minimum absolute atomic E-state index is 0.125. The van der Waals surface area contributed by atoms with Crippen molar-refractivity contribution in [3.05, 3.63) is 23.4 Å². The van der Waals surface area contributed by atoms with Crippen molar-refractivity contribution in [2.75, 3.05) is 18.0 Å². The molecule has 1 aromatic heterocycles. The number of rotatable bonds is 4. The monoisotopic (exact) mass is 290 g/mol. The van der Waals surface area contributed by atoms with Crippen LogP contribution in [0.5, 0.6) is 0 Å². The second-order valence-electron chi connectivity index (χ2n) is 6.00. The molecule has 1 saturated heterocycles. The lowest BCUT2D eigenvalue weighted by Gasteiger charge is -2.42. The Kier molecular flexibility index (Phi) is 4.70. The molecular weight excluding hydrogens is 264 g/mol. The summed E-state index contributed by atoms with van der Waals surface area (Å²) in [4.78, 5) is 6.89. The Balaban J connectivity index is 2.26. The fourth-order valence-electron chi connectivity index (χ4n) is 3.19. The van der Waals surface area contributed by atoms with Crippen LogP contribution in [0.1, 0.15) is 50.8 Å². The highest BCUT2D eigenvalue weighted by atomic mass is 16.4. The summed E-state index contributed by atoms with van der Waals surface area (Å²) in [6, 6.07) is 3.78. The van der Waals surface area contributed by atoms with Crippen molar-refractivity contribution in [2.45, 2.75) is 46.5 Å². The van der Waals surface area contributed by atoms with Crippen molar-refractivity contribution < 1.29 is 5.21 Å². The topological polar surface area (TPSA) is 74.7 Å². The zero-order valence-corrected chi connectivity index (χ0v) is 13.3. The molecule has 5 heteroatoms. The summed E-state index contributed by atoms with van der Waals surface area (Å²) in [5.41, 5.74) is 7.92. The zero-order chi connectivity index (χ0) is 15.5. The zero-order valence-electron chi connectivity index (χ0n) is 13.3. The summed E-state index contributed by atoms with van der Waals surface area (Å²) in [6.45, 7) is 8.48. The summed E-state index contributed by atoms with van der Waals surface area (Å²) in [7, 11) is 0. The van der Waals surface area contributed by atoms with Crippen LogP contribution in [-0.4, -0.2) is 29.1 Å². The van der Waals surface area contributed by atoms with E-state index in [1.807, 2.05) is 19.1 Å². The molecule has 5 nitrogen and oxygen atoms in total. The number of piperidine rings is 1. The first-order valence-corrected chi connectivity index (χ1v) is 7.75. The van der Waals surface area contributed by atoms with Crippen molar-refractivity contribution in [2.24, 2.45) is 16.3 Å².